The van der Waals surface area contributed by atoms with E-state index in [-0.39, 0.29) is 0 Å². The predicted octanol–water partition coefficient (Wildman–Crippen LogP) is 4.78. The van der Waals surface area contributed by atoms with Crippen molar-refractivity contribution in [3.63, 3.8) is 0 Å². The second-order valence-electron chi connectivity index (χ2n) is 5.64. The van der Waals surface area contributed by atoms with Crippen LogP contribution < -0.4 is 9.80 Å². The Labute approximate surface area is 163 Å². The molecule has 2 aliphatic rings. The zero-order chi connectivity index (χ0) is 17.8. The van der Waals surface area contributed by atoms with Gasteiger partial charge in [0.2, 0.25) is 5.95 Å². The molecule has 0 bridgehead atoms. The van der Waals surface area contributed by atoms with E-state index in [2.05, 4.69) is 26.9 Å². The molecule has 1 aromatic heterocycles. The van der Waals surface area contributed by atoms with Gasteiger partial charge in [0.25, 0.3) is 0 Å². The van der Waals surface area contributed by atoms with Crippen LogP contribution in [0.15, 0.2) is 29.2 Å². The summed E-state index contributed by atoms with van der Waals surface area (Å²) in [6, 6.07) is 8.00. The number of hydrogen-bond donors (Lipinski definition) is 0. The van der Waals surface area contributed by atoms with Crippen LogP contribution in [0.5, 0.6) is 0 Å². The third-order valence-electron chi connectivity index (χ3n) is 4.22. The molecular weight excluding hydrogens is 375 g/mol. The number of nitrogens with zero attached hydrogens (tertiary/aromatic N) is 4. The Morgan fingerprint density at radius 3 is 2.24 bits per heavy atom. The summed E-state index contributed by atoms with van der Waals surface area (Å²) < 4.78 is 0. The summed E-state index contributed by atoms with van der Waals surface area (Å²) in [5.74, 6) is 1.82. The molecule has 0 spiro atoms. The van der Waals surface area contributed by atoms with Crippen LogP contribution in [0.2, 0.25) is 10.2 Å². The van der Waals surface area contributed by atoms with Crippen molar-refractivity contribution in [1.29, 1.82) is 0 Å². The van der Waals surface area contributed by atoms with Crippen molar-refractivity contribution < 1.29 is 0 Å². The van der Waals surface area contributed by atoms with E-state index in [0.717, 1.165) is 59.9 Å². The summed E-state index contributed by atoms with van der Waals surface area (Å²) in [5, 5.41) is 1.37. The summed E-state index contributed by atoms with van der Waals surface area (Å²) >= 11 is 14.0. The third kappa shape index (κ3) is 4.15. The summed E-state index contributed by atoms with van der Waals surface area (Å²) in [4.78, 5) is 14.9. The molecule has 0 aliphatic carbocycles. The average Bonchev–Trinajstić information content (AvgIpc) is 3.13. The highest BCUT2D eigenvalue weighted by atomic mass is 35.5. The first kappa shape index (κ1) is 18.6. The Balaban J connectivity index is 0.000000880. The second-order valence-corrected chi connectivity index (χ2v) is 7.54. The van der Waals surface area contributed by atoms with Crippen molar-refractivity contribution in [3.05, 3.63) is 40.1 Å². The van der Waals surface area contributed by atoms with Crippen LogP contribution >= 0.6 is 35.0 Å². The van der Waals surface area contributed by atoms with E-state index in [1.807, 2.05) is 26.0 Å². The molecule has 1 aromatic carbocycles. The van der Waals surface area contributed by atoms with Gasteiger partial charge in [-0.3, -0.25) is 0 Å². The Morgan fingerprint density at radius 2 is 1.56 bits per heavy atom. The standard InChI is InChI=1S/C16H16Cl2N4S.C2H6/c17-11-1-3-12(4-2-11)21-6-8-22(9-7-21)16-19-13-5-10-23-14(13)15(18)20-16;1-2/h1-4H,5-10H2;1-2H3. The average molecular weight is 397 g/mol. The van der Waals surface area contributed by atoms with Crippen molar-refractivity contribution in [1.82, 2.24) is 9.97 Å². The minimum absolute atomic E-state index is 0.604. The molecule has 3 heterocycles. The molecule has 4 rings (SSSR count). The van der Waals surface area contributed by atoms with Crippen molar-refractivity contribution in [3.8, 4) is 0 Å². The van der Waals surface area contributed by atoms with Gasteiger partial charge in [-0.15, -0.1) is 11.8 Å². The number of anilines is 2. The molecule has 0 N–H and O–H groups in total. The first-order valence-corrected chi connectivity index (χ1v) is 10.4. The van der Waals surface area contributed by atoms with Crippen LogP contribution in [-0.4, -0.2) is 41.9 Å². The van der Waals surface area contributed by atoms with Gasteiger partial charge in [-0.05, 0) is 24.3 Å². The molecule has 0 amide bonds. The summed E-state index contributed by atoms with van der Waals surface area (Å²) in [6.45, 7) is 7.67. The lowest BCUT2D eigenvalue weighted by molar-refractivity contribution is 0.637. The van der Waals surface area contributed by atoms with Crippen LogP contribution in [0.3, 0.4) is 0 Å². The Kier molecular flexibility index (Phi) is 6.31. The summed E-state index contributed by atoms with van der Waals surface area (Å²) in [7, 11) is 0. The number of aryl methyl sites for hydroxylation is 1. The van der Waals surface area contributed by atoms with Gasteiger partial charge in [0.1, 0.15) is 5.15 Å². The van der Waals surface area contributed by atoms with Crippen molar-refractivity contribution in [2.24, 2.45) is 0 Å². The van der Waals surface area contributed by atoms with E-state index in [1.54, 1.807) is 11.8 Å². The van der Waals surface area contributed by atoms with E-state index < -0.39 is 0 Å². The fourth-order valence-corrected chi connectivity index (χ4v) is 4.43. The molecular formula is C18H22Cl2N4S. The zero-order valence-electron chi connectivity index (χ0n) is 14.5. The van der Waals surface area contributed by atoms with Crippen LogP contribution in [0.1, 0.15) is 19.5 Å². The molecule has 1 fully saturated rings. The van der Waals surface area contributed by atoms with E-state index in [0.29, 0.717) is 5.15 Å². The second kappa shape index (κ2) is 8.47. The third-order valence-corrected chi connectivity index (χ3v) is 5.99. The van der Waals surface area contributed by atoms with Gasteiger partial charge in [-0.25, -0.2) is 4.98 Å². The van der Waals surface area contributed by atoms with E-state index >= 15 is 0 Å². The highest BCUT2D eigenvalue weighted by molar-refractivity contribution is 7.99. The van der Waals surface area contributed by atoms with E-state index in [1.165, 1.54) is 5.69 Å². The molecule has 25 heavy (non-hydrogen) atoms. The maximum atomic E-state index is 6.31. The number of thioether (sulfide) groups is 1. The molecule has 1 saturated heterocycles. The largest absolute Gasteiger partial charge is 0.368 e. The van der Waals surface area contributed by atoms with Crippen molar-refractivity contribution in [2.45, 2.75) is 25.2 Å². The molecule has 4 nitrogen and oxygen atoms in total. The maximum absolute atomic E-state index is 6.31. The number of halogens is 2. The van der Waals surface area contributed by atoms with Gasteiger partial charge in [-0.2, -0.15) is 4.98 Å². The Morgan fingerprint density at radius 1 is 0.920 bits per heavy atom. The molecule has 2 aliphatic heterocycles. The van der Waals surface area contributed by atoms with E-state index in [9.17, 15) is 0 Å². The molecule has 0 unspecified atom stereocenters. The number of piperazine rings is 1. The molecule has 134 valence electrons. The number of aromatic nitrogens is 2. The number of hydrogen-bond acceptors (Lipinski definition) is 5. The molecule has 0 atom stereocenters. The van der Waals surface area contributed by atoms with Gasteiger partial charge in [0.05, 0.1) is 10.6 Å². The lowest BCUT2D eigenvalue weighted by Gasteiger charge is -2.36. The summed E-state index contributed by atoms with van der Waals surface area (Å²) in [5.41, 5.74) is 2.31. The molecule has 0 saturated carbocycles. The van der Waals surface area contributed by atoms with Crippen molar-refractivity contribution in [2.75, 3.05) is 41.7 Å². The Bertz CT molecular complexity index is 716. The minimum Gasteiger partial charge on any atom is -0.368 e. The van der Waals surface area contributed by atoms with Crippen LogP contribution in [0, 0.1) is 0 Å². The highest BCUT2D eigenvalue weighted by Gasteiger charge is 2.24. The zero-order valence-corrected chi connectivity index (χ0v) is 16.8. The van der Waals surface area contributed by atoms with Crippen LogP contribution in [0.4, 0.5) is 11.6 Å². The predicted molar refractivity (Wildman–Crippen MR) is 109 cm³/mol. The lowest BCUT2D eigenvalue weighted by Crippen LogP contribution is -2.47. The number of fused-ring (bicyclic) bond motifs is 1. The van der Waals surface area contributed by atoms with Crippen LogP contribution in [-0.2, 0) is 6.42 Å². The maximum Gasteiger partial charge on any atom is 0.227 e. The first-order chi connectivity index (χ1) is 12.2. The van der Waals surface area contributed by atoms with Gasteiger partial charge < -0.3 is 9.80 Å². The SMILES string of the molecule is CC.Clc1ccc(N2CCN(c3nc(Cl)c4c(n3)CCS4)CC2)cc1. The number of benzene rings is 1. The summed E-state index contributed by atoms with van der Waals surface area (Å²) in [6.07, 6.45) is 0.986. The Hall–Kier alpha value is -1.17. The highest BCUT2D eigenvalue weighted by Crippen LogP contribution is 2.36. The fourth-order valence-electron chi connectivity index (χ4n) is 2.97. The van der Waals surface area contributed by atoms with Gasteiger partial charge >= 0.3 is 0 Å². The first-order valence-electron chi connectivity index (χ1n) is 8.65. The van der Waals surface area contributed by atoms with Crippen LogP contribution in [0.25, 0.3) is 0 Å². The molecule has 0 radical (unpaired) electrons. The molecule has 7 heteroatoms. The minimum atomic E-state index is 0.604. The quantitative estimate of drug-likeness (QED) is 0.681. The lowest BCUT2D eigenvalue weighted by atomic mass is 10.2. The smallest absolute Gasteiger partial charge is 0.227 e. The van der Waals surface area contributed by atoms with Gasteiger partial charge in [0.15, 0.2) is 0 Å². The van der Waals surface area contributed by atoms with E-state index in [4.69, 9.17) is 28.2 Å². The van der Waals surface area contributed by atoms with Crippen molar-refractivity contribution >= 4 is 46.6 Å². The normalized spacial score (nSPS) is 16.3. The van der Waals surface area contributed by atoms with Gasteiger partial charge in [-0.1, -0.05) is 37.0 Å². The van der Waals surface area contributed by atoms with Gasteiger partial charge in [0, 0.05) is 49.1 Å². The topological polar surface area (TPSA) is 32.3 Å². The number of rotatable bonds is 2. The molecule has 2 aromatic rings. The monoisotopic (exact) mass is 396 g/mol. The fraction of sp³-hybridized carbons (Fsp3) is 0.444.